The molecule has 0 spiro atoms. The van der Waals surface area contributed by atoms with E-state index < -0.39 is 0 Å². The highest BCUT2D eigenvalue weighted by atomic mass is 79.9. The second-order valence-corrected chi connectivity index (χ2v) is 5.41. The summed E-state index contributed by atoms with van der Waals surface area (Å²) >= 11 is 3.53. The highest BCUT2D eigenvalue weighted by molar-refractivity contribution is 9.10. The lowest BCUT2D eigenvalue weighted by Crippen LogP contribution is -2.39. The Hall–Kier alpha value is -0.870. The topological polar surface area (TPSA) is 46.3 Å². The number of carbonyl (C=O) groups excluding carboxylic acids is 1. The van der Waals surface area contributed by atoms with Crippen LogP contribution in [0.15, 0.2) is 22.7 Å². The van der Waals surface area contributed by atoms with Crippen molar-refractivity contribution in [3.05, 3.63) is 33.8 Å². The zero-order chi connectivity index (χ0) is 12.4. The van der Waals surface area contributed by atoms with Gasteiger partial charge < -0.3 is 5.73 Å². The lowest BCUT2D eigenvalue weighted by atomic mass is 10.1. The average molecular weight is 297 g/mol. The van der Waals surface area contributed by atoms with Gasteiger partial charge in [-0.3, -0.25) is 9.69 Å². The van der Waals surface area contributed by atoms with Crippen molar-refractivity contribution in [3.8, 4) is 0 Å². The van der Waals surface area contributed by atoms with Crippen LogP contribution in [0.2, 0.25) is 0 Å². The Kier molecular flexibility index (Phi) is 3.84. The molecule has 1 fully saturated rings. The molecule has 0 aliphatic carbocycles. The molecule has 1 aromatic carbocycles. The molecule has 92 valence electrons. The Morgan fingerprint density at radius 3 is 3.06 bits per heavy atom. The van der Waals surface area contributed by atoms with Gasteiger partial charge in [0.25, 0.3) is 0 Å². The Balaban J connectivity index is 2.15. The van der Waals surface area contributed by atoms with Gasteiger partial charge >= 0.3 is 0 Å². The lowest BCUT2D eigenvalue weighted by Gasteiger charge is -2.22. The van der Waals surface area contributed by atoms with E-state index in [2.05, 4.69) is 33.8 Å². The van der Waals surface area contributed by atoms with Crippen LogP contribution in [0.1, 0.15) is 24.0 Å². The predicted molar refractivity (Wildman–Crippen MR) is 71.5 cm³/mol. The van der Waals surface area contributed by atoms with Gasteiger partial charge in [0.15, 0.2) is 0 Å². The minimum absolute atomic E-state index is 0.0895. The molecule has 1 saturated heterocycles. The fourth-order valence-electron chi connectivity index (χ4n) is 2.38. The summed E-state index contributed by atoms with van der Waals surface area (Å²) in [7, 11) is 0. The van der Waals surface area contributed by atoms with E-state index >= 15 is 0 Å². The first-order valence-corrected chi connectivity index (χ1v) is 6.66. The molecule has 0 bridgehead atoms. The highest BCUT2D eigenvalue weighted by Crippen LogP contribution is 2.24. The van der Waals surface area contributed by atoms with Gasteiger partial charge in [-0.1, -0.05) is 28.1 Å². The first kappa shape index (κ1) is 12.6. The van der Waals surface area contributed by atoms with Gasteiger partial charge in [-0.2, -0.15) is 0 Å². The number of primary amides is 1. The van der Waals surface area contributed by atoms with Crippen LogP contribution >= 0.6 is 15.9 Å². The van der Waals surface area contributed by atoms with Crippen LogP contribution in [0, 0.1) is 6.92 Å². The molecular formula is C13H17BrN2O. The molecule has 1 aliphatic rings. The first-order chi connectivity index (χ1) is 8.09. The standard InChI is InChI=1S/C13H17BrN2O/c1-9-10(4-2-5-11(9)14)8-16-7-3-6-12(16)13(15)17/h2,4-5,12H,3,6-8H2,1H3,(H2,15,17)/t12-/m1/s1. The highest BCUT2D eigenvalue weighted by Gasteiger charge is 2.28. The van der Waals surface area contributed by atoms with Gasteiger partial charge in [0.2, 0.25) is 5.91 Å². The number of nitrogens with two attached hydrogens (primary N) is 1. The molecule has 0 radical (unpaired) electrons. The summed E-state index contributed by atoms with van der Waals surface area (Å²) in [6.07, 6.45) is 1.95. The molecule has 17 heavy (non-hydrogen) atoms. The summed E-state index contributed by atoms with van der Waals surface area (Å²) in [6, 6.07) is 6.08. The molecular weight excluding hydrogens is 280 g/mol. The summed E-state index contributed by atoms with van der Waals surface area (Å²) in [5, 5.41) is 0. The molecule has 1 heterocycles. The van der Waals surface area contributed by atoms with Crippen molar-refractivity contribution >= 4 is 21.8 Å². The smallest absolute Gasteiger partial charge is 0.234 e. The molecule has 1 aromatic rings. The second-order valence-electron chi connectivity index (χ2n) is 4.55. The van der Waals surface area contributed by atoms with Gasteiger partial charge in [0.05, 0.1) is 6.04 Å². The fourth-order valence-corrected chi connectivity index (χ4v) is 2.79. The van der Waals surface area contributed by atoms with Gasteiger partial charge in [-0.15, -0.1) is 0 Å². The normalized spacial score (nSPS) is 20.7. The summed E-state index contributed by atoms with van der Waals surface area (Å²) in [5.74, 6) is -0.199. The van der Waals surface area contributed by atoms with E-state index in [0.29, 0.717) is 0 Å². The van der Waals surface area contributed by atoms with Crippen molar-refractivity contribution in [2.24, 2.45) is 5.73 Å². The van der Waals surface area contributed by atoms with Gasteiger partial charge in [-0.05, 0) is 43.5 Å². The minimum atomic E-state index is -0.199. The predicted octanol–water partition coefficient (Wildman–Crippen LogP) is 2.21. The van der Waals surface area contributed by atoms with E-state index in [1.54, 1.807) is 0 Å². The quantitative estimate of drug-likeness (QED) is 0.929. The number of hydrogen-bond donors (Lipinski definition) is 1. The van der Waals surface area contributed by atoms with Crippen molar-refractivity contribution < 1.29 is 4.79 Å². The Morgan fingerprint density at radius 2 is 2.35 bits per heavy atom. The number of carbonyl (C=O) groups is 1. The van der Waals surface area contributed by atoms with E-state index in [4.69, 9.17) is 5.73 Å². The first-order valence-electron chi connectivity index (χ1n) is 5.87. The van der Waals surface area contributed by atoms with E-state index in [9.17, 15) is 4.79 Å². The van der Waals surface area contributed by atoms with E-state index in [1.807, 2.05) is 12.1 Å². The van der Waals surface area contributed by atoms with Gasteiger partial charge in [-0.25, -0.2) is 0 Å². The number of rotatable bonds is 3. The molecule has 0 saturated carbocycles. The van der Waals surface area contributed by atoms with Crippen molar-refractivity contribution in [2.45, 2.75) is 32.4 Å². The van der Waals surface area contributed by atoms with E-state index in [1.165, 1.54) is 11.1 Å². The van der Waals surface area contributed by atoms with E-state index in [-0.39, 0.29) is 11.9 Å². The number of nitrogens with zero attached hydrogens (tertiary/aromatic N) is 1. The molecule has 1 amide bonds. The molecule has 0 unspecified atom stereocenters. The lowest BCUT2D eigenvalue weighted by molar-refractivity contribution is -0.122. The van der Waals surface area contributed by atoms with Gasteiger partial charge in [0, 0.05) is 11.0 Å². The van der Waals surface area contributed by atoms with Crippen molar-refractivity contribution in [3.63, 3.8) is 0 Å². The van der Waals surface area contributed by atoms with Crippen LogP contribution < -0.4 is 5.73 Å². The number of amides is 1. The van der Waals surface area contributed by atoms with Crippen LogP contribution in [-0.2, 0) is 11.3 Å². The van der Waals surface area contributed by atoms with Crippen LogP contribution in [0.5, 0.6) is 0 Å². The molecule has 2 rings (SSSR count). The average Bonchev–Trinajstić information content (AvgIpc) is 2.73. The van der Waals surface area contributed by atoms with Crippen LogP contribution in [0.4, 0.5) is 0 Å². The third kappa shape index (κ3) is 2.69. The van der Waals surface area contributed by atoms with Crippen molar-refractivity contribution in [1.82, 2.24) is 4.90 Å². The Morgan fingerprint density at radius 1 is 1.59 bits per heavy atom. The largest absolute Gasteiger partial charge is 0.368 e. The number of hydrogen-bond acceptors (Lipinski definition) is 2. The Labute approximate surface area is 110 Å². The molecule has 3 nitrogen and oxygen atoms in total. The summed E-state index contributed by atoms with van der Waals surface area (Å²) in [6.45, 7) is 3.85. The summed E-state index contributed by atoms with van der Waals surface area (Å²) in [5.41, 5.74) is 7.92. The zero-order valence-electron chi connectivity index (χ0n) is 9.95. The molecule has 2 N–H and O–H groups in total. The zero-order valence-corrected chi connectivity index (χ0v) is 11.5. The van der Waals surface area contributed by atoms with Crippen LogP contribution in [0.3, 0.4) is 0 Å². The number of likely N-dealkylation sites (tertiary alicyclic amines) is 1. The number of benzene rings is 1. The molecule has 1 atom stereocenters. The Bertz CT molecular complexity index is 433. The maximum Gasteiger partial charge on any atom is 0.234 e. The maximum atomic E-state index is 11.3. The second kappa shape index (κ2) is 5.19. The summed E-state index contributed by atoms with van der Waals surface area (Å²) < 4.78 is 1.12. The molecule has 4 heteroatoms. The van der Waals surface area contributed by atoms with Crippen LogP contribution in [-0.4, -0.2) is 23.4 Å². The minimum Gasteiger partial charge on any atom is -0.368 e. The monoisotopic (exact) mass is 296 g/mol. The third-order valence-electron chi connectivity index (χ3n) is 3.45. The van der Waals surface area contributed by atoms with Crippen molar-refractivity contribution in [2.75, 3.05) is 6.54 Å². The molecule has 0 aromatic heterocycles. The van der Waals surface area contributed by atoms with Crippen molar-refractivity contribution in [1.29, 1.82) is 0 Å². The van der Waals surface area contributed by atoms with Gasteiger partial charge in [0.1, 0.15) is 0 Å². The maximum absolute atomic E-state index is 11.3. The molecule has 1 aliphatic heterocycles. The fraction of sp³-hybridized carbons (Fsp3) is 0.462. The van der Waals surface area contributed by atoms with Crippen LogP contribution in [0.25, 0.3) is 0 Å². The SMILES string of the molecule is Cc1c(Br)cccc1CN1CCC[C@@H]1C(N)=O. The van der Waals surface area contributed by atoms with E-state index in [0.717, 1.165) is 30.4 Å². The summed E-state index contributed by atoms with van der Waals surface area (Å²) in [4.78, 5) is 13.5. The number of halogens is 1. The third-order valence-corrected chi connectivity index (χ3v) is 4.30.